The van der Waals surface area contributed by atoms with Gasteiger partial charge in [-0.05, 0) is 18.8 Å². The van der Waals surface area contributed by atoms with Crippen molar-refractivity contribution in [2.75, 3.05) is 13.7 Å². The third-order valence-corrected chi connectivity index (χ3v) is 3.56. The Labute approximate surface area is 102 Å². The molecule has 0 aromatic heterocycles. The molecule has 1 N–H and O–H groups in total. The van der Waals surface area contributed by atoms with Crippen molar-refractivity contribution < 1.29 is 24.4 Å². The Kier molecular flexibility index (Phi) is 5.36. The molecule has 5 heteroatoms. The normalized spacial score (nSPS) is 33.4. The quantitative estimate of drug-likeness (QED) is 0.587. The summed E-state index contributed by atoms with van der Waals surface area (Å²) >= 11 is 0. The van der Waals surface area contributed by atoms with Crippen molar-refractivity contribution in [2.24, 2.45) is 5.92 Å². The van der Waals surface area contributed by atoms with Crippen LogP contribution in [0, 0.1) is 5.92 Å². The monoisotopic (exact) mass is 246 g/mol. The molecular weight excluding hydrogens is 224 g/mol. The molecule has 3 atom stereocenters. The van der Waals surface area contributed by atoms with Crippen LogP contribution >= 0.6 is 0 Å². The fourth-order valence-corrected chi connectivity index (χ4v) is 2.15. The molecule has 17 heavy (non-hydrogen) atoms. The molecule has 1 rings (SSSR count). The highest BCUT2D eigenvalue weighted by molar-refractivity contribution is 5.69. The highest BCUT2D eigenvalue weighted by atomic mass is 17.2. The van der Waals surface area contributed by atoms with Crippen LogP contribution in [0.1, 0.15) is 39.5 Å². The molecule has 0 radical (unpaired) electrons. The lowest BCUT2D eigenvalue weighted by atomic mass is 9.82. The number of carbonyl (C=O) groups excluding carboxylic acids is 1. The van der Waals surface area contributed by atoms with Crippen molar-refractivity contribution in [3.05, 3.63) is 0 Å². The summed E-state index contributed by atoms with van der Waals surface area (Å²) in [5.41, 5.74) is -0.618. The van der Waals surface area contributed by atoms with Gasteiger partial charge in [-0.25, -0.2) is 9.78 Å². The van der Waals surface area contributed by atoms with Gasteiger partial charge in [0.2, 0.25) is 0 Å². The van der Waals surface area contributed by atoms with Crippen LogP contribution in [0.15, 0.2) is 0 Å². The zero-order valence-electron chi connectivity index (χ0n) is 10.8. The first-order valence-electron chi connectivity index (χ1n) is 6.13. The first-order chi connectivity index (χ1) is 8.10. The van der Waals surface area contributed by atoms with Gasteiger partial charge in [0.1, 0.15) is 11.7 Å². The number of rotatable bonds is 5. The van der Waals surface area contributed by atoms with Gasteiger partial charge in [-0.3, -0.25) is 4.79 Å². The molecule has 0 spiro atoms. The third-order valence-electron chi connectivity index (χ3n) is 3.56. The van der Waals surface area contributed by atoms with E-state index in [-0.39, 0.29) is 31.0 Å². The highest BCUT2D eigenvalue weighted by Crippen LogP contribution is 2.36. The number of esters is 1. The number of ether oxygens (including phenoxy) is 1. The van der Waals surface area contributed by atoms with Crippen LogP contribution in [0.5, 0.6) is 0 Å². The molecule has 1 fully saturated rings. The number of aliphatic hydroxyl groups excluding tert-OH is 1. The summed E-state index contributed by atoms with van der Waals surface area (Å²) in [6, 6.07) is 0. The van der Waals surface area contributed by atoms with Crippen molar-refractivity contribution in [1.82, 2.24) is 0 Å². The molecule has 1 aliphatic heterocycles. The molecule has 0 aromatic carbocycles. The van der Waals surface area contributed by atoms with Crippen LogP contribution in [0.2, 0.25) is 0 Å². The molecule has 0 aromatic rings. The van der Waals surface area contributed by atoms with E-state index in [1.54, 1.807) is 0 Å². The van der Waals surface area contributed by atoms with E-state index in [9.17, 15) is 9.90 Å². The largest absolute Gasteiger partial charge is 0.469 e. The minimum absolute atomic E-state index is 0.0645. The molecule has 0 unspecified atom stereocenters. The molecule has 1 saturated heterocycles. The molecule has 5 nitrogen and oxygen atoms in total. The molecule has 0 bridgehead atoms. The molecule has 100 valence electrons. The van der Waals surface area contributed by atoms with Crippen LogP contribution in [0.25, 0.3) is 0 Å². The summed E-state index contributed by atoms with van der Waals surface area (Å²) in [4.78, 5) is 21.8. The zero-order chi connectivity index (χ0) is 12.9. The number of hydrogen-bond acceptors (Lipinski definition) is 5. The molecule has 0 amide bonds. The maximum absolute atomic E-state index is 11.2. The van der Waals surface area contributed by atoms with Crippen molar-refractivity contribution in [3.63, 3.8) is 0 Å². The fourth-order valence-electron chi connectivity index (χ4n) is 2.15. The second-order valence-electron chi connectivity index (χ2n) is 4.57. The molecule has 0 aliphatic carbocycles. The van der Waals surface area contributed by atoms with Crippen molar-refractivity contribution in [1.29, 1.82) is 0 Å². The van der Waals surface area contributed by atoms with Crippen LogP contribution in [-0.4, -0.2) is 36.5 Å². The number of methoxy groups -OCH3 is 1. The zero-order valence-corrected chi connectivity index (χ0v) is 10.8. The Morgan fingerprint density at radius 3 is 2.71 bits per heavy atom. The molecule has 0 saturated carbocycles. The van der Waals surface area contributed by atoms with Gasteiger partial charge in [0.25, 0.3) is 0 Å². The van der Waals surface area contributed by atoms with Gasteiger partial charge < -0.3 is 9.84 Å². The third kappa shape index (κ3) is 3.40. The van der Waals surface area contributed by atoms with E-state index in [4.69, 9.17) is 9.78 Å². The first kappa shape index (κ1) is 14.4. The topological polar surface area (TPSA) is 65.0 Å². The van der Waals surface area contributed by atoms with E-state index < -0.39 is 5.60 Å². The predicted molar refractivity (Wildman–Crippen MR) is 61.1 cm³/mol. The van der Waals surface area contributed by atoms with E-state index in [0.29, 0.717) is 12.8 Å². The molecule has 1 aliphatic rings. The standard InChI is InChI=1S/C12H22O5/c1-4-9-7-12(5-2,8-13)17-16-10(9)6-11(14)15-3/h9-10,13H,4-8H2,1-3H3/t9-,10-,12+/m0/s1. The minimum atomic E-state index is -0.618. The van der Waals surface area contributed by atoms with Gasteiger partial charge in [0.05, 0.1) is 20.1 Å². The average Bonchev–Trinajstić information content (AvgIpc) is 2.39. The second kappa shape index (κ2) is 6.33. The van der Waals surface area contributed by atoms with Gasteiger partial charge in [-0.15, -0.1) is 0 Å². The molecular formula is C12H22O5. The van der Waals surface area contributed by atoms with Gasteiger partial charge in [0.15, 0.2) is 0 Å². The van der Waals surface area contributed by atoms with Crippen molar-refractivity contribution in [2.45, 2.75) is 51.2 Å². The van der Waals surface area contributed by atoms with E-state index in [1.807, 2.05) is 13.8 Å². The maximum Gasteiger partial charge on any atom is 0.308 e. The predicted octanol–water partition coefficient (Wildman–Crippen LogP) is 1.44. The van der Waals surface area contributed by atoms with Crippen molar-refractivity contribution in [3.8, 4) is 0 Å². The van der Waals surface area contributed by atoms with E-state index >= 15 is 0 Å². The Morgan fingerprint density at radius 2 is 2.24 bits per heavy atom. The lowest BCUT2D eigenvalue weighted by Crippen LogP contribution is -2.47. The SMILES string of the molecule is CC[C@H]1C[C@](CC)(CO)OO[C@H]1CC(=O)OC. The summed E-state index contributed by atoms with van der Waals surface area (Å²) in [6.45, 7) is 3.93. The van der Waals surface area contributed by atoms with Crippen LogP contribution in [-0.2, 0) is 19.3 Å². The smallest absolute Gasteiger partial charge is 0.308 e. The summed E-state index contributed by atoms with van der Waals surface area (Å²) < 4.78 is 4.63. The summed E-state index contributed by atoms with van der Waals surface area (Å²) in [7, 11) is 1.36. The summed E-state index contributed by atoms with van der Waals surface area (Å²) in [6.07, 6.45) is 2.19. The van der Waals surface area contributed by atoms with Crippen LogP contribution in [0.3, 0.4) is 0 Å². The average molecular weight is 246 g/mol. The molecule has 1 heterocycles. The Morgan fingerprint density at radius 1 is 1.53 bits per heavy atom. The second-order valence-corrected chi connectivity index (χ2v) is 4.57. The van der Waals surface area contributed by atoms with Crippen molar-refractivity contribution >= 4 is 5.97 Å². The van der Waals surface area contributed by atoms with Gasteiger partial charge in [-0.2, -0.15) is 0 Å². The van der Waals surface area contributed by atoms with E-state index in [1.165, 1.54) is 7.11 Å². The Hall–Kier alpha value is -0.650. The van der Waals surface area contributed by atoms with Crippen LogP contribution in [0.4, 0.5) is 0 Å². The lowest BCUT2D eigenvalue weighted by Gasteiger charge is -2.41. The number of carbonyl (C=O) groups is 1. The summed E-state index contributed by atoms with van der Waals surface area (Å²) in [5, 5.41) is 9.37. The summed E-state index contributed by atoms with van der Waals surface area (Å²) in [5.74, 6) is -0.0972. The van der Waals surface area contributed by atoms with E-state index in [2.05, 4.69) is 4.74 Å². The van der Waals surface area contributed by atoms with Gasteiger partial charge in [0, 0.05) is 0 Å². The highest BCUT2D eigenvalue weighted by Gasteiger charge is 2.42. The first-order valence-corrected chi connectivity index (χ1v) is 6.13. The number of hydrogen-bond donors (Lipinski definition) is 1. The Balaban J connectivity index is 2.64. The fraction of sp³-hybridized carbons (Fsp3) is 0.917. The van der Waals surface area contributed by atoms with Gasteiger partial charge in [-0.1, -0.05) is 20.3 Å². The maximum atomic E-state index is 11.2. The lowest BCUT2D eigenvalue weighted by molar-refractivity contribution is -0.425. The van der Waals surface area contributed by atoms with Gasteiger partial charge >= 0.3 is 5.97 Å². The number of aliphatic hydroxyl groups is 1. The minimum Gasteiger partial charge on any atom is -0.469 e. The Bertz CT molecular complexity index is 249. The van der Waals surface area contributed by atoms with E-state index in [0.717, 1.165) is 6.42 Å². The van der Waals surface area contributed by atoms with Crippen LogP contribution < -0.4 is 0 Å².